The lowest BCUT2D eigenvalue weighted by Gasteiger charge is -2.15. The van der Waals surface area contributed by atoms with E-state index in [2.05, 4.69) is 0 Å². The molecule has 0 aromatic carbocycles. The fourth-order valence-corrected chi connectivity index (χ4v) is 0.943. The highest BCUT2D eigenvalue weighted by Gasteiger charge is 2.12. The zero-order chi connectivity index (χ0) is 10.3. The van der Waals surface area contributed by atoms with Crippen molar-refractivity contribution in [2.45, 2.75) is 39.7 Å². The van der Waals surface area contributed by atoms with Gasteiger partial charge in [0.2, 0.25) is 0 Å². The summed E-state index contributed by atoms with van der Waals surface area (Å²) in [6, 6.07) is 0. The maximum Gasteiger partial charge on any atom is 0.303 e. The average Bonchev–Trinajstić information content (AvgIpc) is 1.99. The smallest absolute Gasteiger partial charge is 0.303 e. The molecule has 0 saturated carbocycles. The third kappa shape index (κ3) is 7.31. The Kier molecular flexibility index (Phi) is 5.93. The SMILES string of the molecule is CCC[C@@H](COC(C)=O)OC(C)=O. The van der Waals surface area contributed by atoms with Crippen molar-refractivity contribution < 1.29 is 19.1 Å². The molecule has 0 spiro atoms. The molecule has 0 radical (unpaired) electrons. The molecular weight excluding hydrogens is 172 g/mol. The molecule has 0 amide bonds. The first kappa shape index (κ1) is 11.9. The molecule has 4 nitrogen and oxygen atoms in total. The third-order valence-electron chi connectivity index (χ3n) is 1.42. The molecule has 0 rings (SSSR count). The highest BCUT2D eigenvalue weighted by atomic mass is 16.6. The van der Waals surface area contributed by atoms with Gasteiger partial charge >= 0.3 is 11.9 Å². The van der Waals surface area contributed by atoms with Crippen molar-refractivity contribution in [3.8, 4) is 0 Å². The summed E-state index contributed by atoms with van der Waals surface area (Å²) in [6.45, 7) is 4.81. The topological polar surface area (TPSA) is 52.6 Å². The van der Waals surface area contributed by atoms with Crippen molar-refractivity contribution >= 4 is 11.9 Å². The Bertz CT molecular complexity index is 176. The lowest BCUT2D eigenvalue weighted by Crippen LogP contribution is -2.23. The molecule has 13 heavy (non-hydrogen) atoms. The largest absolute Gasteiger partial charge is 0.462 e. The summed E-state index contributed by atoms with van der Waals surface area (Å²) in [5.74, 6) is -0.696. The minimum atomic E-state index is -0.353. The molecule has 0 heterocycles. The molecule has 0 aliphatic carbocycles. The van der Waals surface area contributed by atoms with E-state index in [1.54, 1.807) is 0 Å². The minimum absolute atomic E-state index is 0.156. The van der Waals surface area contributed by atoms with Crippen LogP contribution in [0.2, 0.25) is 0 Å². The Morgan fingerprint density at radius 1 is 1.23 bits per heavy atom. The van der Waals surface area contributed by atoms with Gasteiger partial charge in [0.25, 0.3) is 0 Å². The zero-order valence-corrected chi connectivity index (χ0v) is 8.33. The Hall–Kier alpha value is -1.06. The zero-order valence-electron chi connectivity index (χ0n) is 8.33. The first-order valence-corrected chi connectivity index (χ1v) is 4.36. The molecule has 4 heteroatoms. The summed E-state index contributed by atoms with van der Waals surface area (Å²) < 4.78 is 9.67. The second-order valence-electron chi connectivity index (χ2n) is 2.82. The first-order chi connectivity index (χ1) is 6.06. The summed E-state index contributed by atoms with van der Waals surface area (Å²) in [4.78, 5) is 21.1. The van der Waals surface area contributed by atoms with Crippen LogP contribution in [-0.2, 0) is 19.1 Å². The van der Waals surface area contributed by atoms with Gasteiger partial charge in [0, 0.05) is 13.8 Å². The standard InChI is InChI=1S/C9H16O4/c1-4-5-9(13-8(3)11)6-12-7(2)10/h9H,4-6H2,1-3H3/t9-/m0/s1. The lowest BCUT2D eigenvalue weighted by atomic mass is 10.2. The van der Waals surface area contributed by atoms with E-state index in [1.165, 1.54) is 13.8 Å². The van der Waals surface area contributed by atoms with Crippen LogP contribution in [-0.4, -0.2) is 24.6 Å². The van der Waals surface area contributed by atoms with Crippen LogP contribution in [0.15, 0.2) is 0 Å². The predicted molar refractivity (Wildman–Crippen MR) is 47.1 cm³/mol. The van der Waals surface area contributed by atoms with Gasteiger partial charge in [0.05, 0.1) is 0 Å². The fraction of sp³-hybridized carbons (Fsp3) is 0.778. The van der Waals surface area contributed by atoms with Crippen LogP contribution < -0.4 is 0 Å². The van der Waals surface area contributed by atoms with Crippen LogP contribution in [0.5, 0.6) is 0 Å². The van der Waals surface area contributed by atoms with Gasteiger partial charge in [-0.25, -0.2) is 0 Å². The van der Waals surface area contributed by atoms with Gasteiger partial charge in [-0.05, 0) is 6.42 Å². The maximum atomic E-state index is 10.6. The minimum Gasteiger partial charge on any atom is -0.462 e. The maximum absolute atomic E-state index is 10.6. The number of rotatable bonds is 5. The van der Waals surface area contributed by atoms with Gasteiger partial charge in [0.1, 0.15) is 12.7 Å². The van der Waals surface area contributed by atoms with E-state index in [4.69, 9.17) is 9.47 Å². The van der Waals surface area contributed by atoms with Gasteiger partial charge in [-0.15, -0.1) is 0 Å². The number of hydrogen-bond acceptors (Lipinski definition) is 4. The third-order valence-corrected chi connectivity index (χ3v) is 1.42. The second-order valence-corrected chi connectivity index (χ2v) is 2.82. The molecule has 0 N–H and O–H groups in total. The van der Waals surface area contributed by atoms with E-state index >= 15 is 0 Å². The Labute approximate surface area is 78.2 Å². The summed E-state index contributed by atoms with van der Waals surface area (Å²) in [5, 5.41) is 0. The number of esters is 2. The lowest BCUT2D eigenvalue weighted by molar-refractivity contribution is -0.156. The fourth-order valence-electron chi connectivity index (χ4n) is 0.943. The van der Waals surface area contributed by atoms with Crippen LogP contribution in [0.25, 0.3) is 0 Å². The van der Waals surface area contributed by atoms with Gasteiger partial charge < -0.3 is 9.47 Å². The van der Waals surface area contributed by atoms with Crippen molar-refractivity contribution in [2.75, 3.05) is 6.61 Å². The molecule has 1 atom stereocenters. The Morgan fingerprint density at radius 3 is 2.23 bits per heavy atom. The number of carbonyl (C=O) groups excluding carboxylic acids is 2. The molecular formula is C9H16O4. The molecule has 0 aromatic rings. The van der Waals surface area contributed by atoms with Gasteiger partial charge in [-0.2, -0.15) is 0 Å². The summed E-state index contributed by atoms with van der Waals surface area (Å²) in [6.07, 6.45) is 1.30. The van der Waals surface area contributed by atoms with E-state index in [0.29, 0.717) is 6.42 Å². The first-order valence-electron chi connectivity index (χ1n) is 4.36. The van der Waals surface area contributed by atoms with E-state index in [-0.39, 0.29) is 24.6 Å². The molecule has 0 unspecified atom stereocenters. The van der Waals surface area contributed by atoms with E-state index < -0.39 is 0 Å². The molecule has 0 aliphatic rings. The molecule has 0 aliphatic heterocycles. The van der Waals surface area contributed by atoms with Crippen LogP contribution in [0.3, 0.4) is 0 Å². The van der Waals surface area contributed by atoms with Gasteiger partial charge in [-0.3, -0.25) is 9.59 Å². The predicted octanol–water partition coefficient (Wildman–Crippen LogP) is 1.28. The van der Waals surface area contributed by atoms with Crippen LogP contribution in [0.1, 0.15) is 33.6 Å². The van der Waals surface area contributed by atoms with E-state index in [0.717, 1.165) is 6.42 Å². The number of carbonyl (C=O) groups is 2. The van der Waals surface area contributed by atoms with Crippen molar-refractivity contribution in [1.82, 2.24) is 0 Å². The normalized spacial score (nSPS) is 11.9. The number of hydrogen-bond donors (Lipinski definition) is 0. The molecule has 0 saturated heterocycles. The van der Waals surface area contributed by atoms with Gasteiger partial charge in [0.15, 0.2) is 0 Å². The number of ether oxygens (including phenoxy) is 2. The van der Waals surface area contributed by atoms with Crippen molar-refractivity contribution in [3.63, 3.8) is 0 Å². The summed E-state index contributed by atoms with van der Waals surface area (Å²) in [7, 11) is 0. The van der Waals surface area contributed by atoms with E-state index in [9.17, 15) is 9.59 Å². The average molecular weight is 188 g/mol. The van der Waals surface area contributed by atoms with Crippen LogP contribution >= 0.6 is 0 Å². The second kappa shape index (κ2) is 6.46. The Balaban J connectivity index is 3.79. The Morgan fingerprint density at radius 2 is 1.85 bits per heavy atom. The van der Waals surface area contributed by atoms with Crippen molar-refractivity contribution in [3.05, 3.63) is 0 Å². The monoisotopic (exact) mass is 188 g/mol. The molecule has 0 fully saturated rings. The molecule has 0 aromatic heterocycles. The summed E-state index contributed by atoms with van der Waals surface area (Å²) >= 11 is 0. The van der Waals surface area contributed by atoms with Crippen molar-refractivity contribution in [1.29, 1.82) is 0 Å². The summed E-state index contributed by atoms with van der Waals surface area (Å²) in [5.41, 5.74) is 0. The van der Waals surface area contributed by atoms with Gasteiger partial charge in [-0.1, -0.05) is 13.3 Å². The quantitative estimate of drug-likeness (QED) is 0.610. The molecule has 0 bridgehead atoms. The highest BCUT2D eigenvalue weighted by Crippen LogP contribution is 2.03. The highest BCUT2D eigenvalue weighted by molar-refractivity contribution is 5.67. The van der Waals surface area contributed by atoms with E-state index in [1.807, 2.05) is 6.92 Å². The van der Waals surface area contributed by atoms with Crippen molar-refractivity contribution in [2.24, 2.45) is 0 Å². The van der Waals surface area contributed by atoms with Crippen LogP contribution in [0.4, 0.5) is 0 Å². The molecule has 76 valence electrons. The van der Waals surface area contributed by atoms with Crippen LogP contribution in [0, 0.1) is 0 Å².